The van der Waals surface area contributed by atoms with Crippen molar-refractivity contribution >= 4 is 12.4 Å². The number of nitrogens with two attached hydrogens (primary N) is 1. The Bertz CT molecular complexity index is 723. The van der Waals surface area contributed by atoms with E-state index in [9.17, 15) is 0 Å². The fourth-order valence-corrected chi connectivity index (χ4v) is 3.09. The number of hydrogen-bond donors (Lipinski definition) is 1. The van der Waals surface area contributed by atoms with Crippen LogP contribution in [-0.4, -0.2) is 41.5 Å². The topological polar surface area (TPSA) is 86.6 Å². The molecule has 2 aliphatic rings. The second-order valence-electron chi connectivity index (χ2n) is 6.56. The van der Waals surface area contributed by atoms with Gasteiger partial charge in [-0.3, -0.25) is 4.90 Å². The van der Waals surface area contributed by atoms with Crippen molar-refractivity contribution in [2.24, 2.45) is 11.1 Å². The Balaban J connectivity index is 0.00000169. The van der Waals surface area contributed by atoms with E-state index in [1.54, 1.807) is 0 Å². The predicted molar refractivity (Wildman–Crippen MR) is 90.2 cm³/mol. The highest BCUT2D eigenvalue weighted by Crippen LogP contribution is 2.35. The van der Waals surface area contributed by atoms with Crippen molar-refractivity contribution in [2.75, 3.05) is 26.4 Å². The van der Waals surface area contributed by atoms with Crippen LogP contribution in [0.25, 0.3) is 11.4 Å². The lowest BCUT2D eigenvalue weighted by molar-refractivity contribution is 0.174. The van der Waals surface area contributed by atoms with Gasteiger partial charge < -0.3 is 19.7 Å². The SMILES string of the molecule is CC1(CN)CCN(Cc2nc(-c3ccc4c(c3)OCO4)no2)C1.Cl. The number of benzene rings is 1. The van der Waals surface area contributed by atoms with Gasteiger partial charge in [-0.2, -0.15) is 4.98 Å². The molecule has 1 atom stereocenters. The molecule has 2 aromatic rings. The van der Waals surface area contributed by atoms with E-state index < -0.39 is 0 Å². The maximum absolute atomic E-state index is 5.85. The summed E-state index contributed by atoms with van der Waals surface area (Å²) in [5.41, 5.74) is 6.90. The largest absolute Gasteiger partial charge is 0.454 e. The number of hydrogen-bond acceptors (Lipinski definition) is 7. The number of aromatic nitrogens is 2. The molecule has 4 rings (SSSR count). The average molecular weight is 353 g/mol. The summed E-state index contributed by atoms with van der Waals surface area (Å²) >= 11 is 0. The van der Waals surface area contributed by atoms with E-state index in [1.165, 1.54) is 0 Å². The molecule has 1 aromatic heterocycles. The average Bonchev–Trinajstić information content (AvgIpc) is 3.27. The van der Waals surface area contributed by atoms with Crippen LogP contribution in [0.1, 0.15) is 19.2 Å². The van der Waals surface area contributed by atoms with Gasteiger partial charge in [0.2, 0.25) is 18.5 Å². The highest BCUT2D eigenvalue weighted by Gasteiger charge is 2.33. The van der Waals surface area contributed by atoms with Gasteiger partial charge >= 0.3 is 0 Å². The molecule has 2 aliphatic heterocycles. The van der Waals surface area contributed by atoms with Gasteiger partial charge in [-0.1, -0.05) is 12.1 Å². The summed E-state index contributed by atoms with van der Waals surface area (Å²) in [5, 5.41) is 4.08. The minimum absolute atomic E-state index is 0. The number of likely N-dealkylation sites (tertiary alicyclic amines) is 1. The molecule has 1 saturated heterocycles. The minimum atomic E-state index is 0. The highest BCUT2D eigenvalue weighted by molar-refractivity contribution is 5.85. The number of ether oxygens (including phenoxy) is 2. The van der Waals surface area contributed by atoms with Crippen molar-refractivity contribution in [1.82, 2.24) is 15.0 Å². The third kappa shape index (κ3) is 3.19. The van der Waals surface area contributed by atoms with Crippen molar-refractivity contribution in [3.05, 3.63) is 24.1 Å². The van der Waals surface area contributed by atoms with Crippen molar-refractivity contribution in [2.45, 2.75) is 19.9 Å². The van der Waals surface area contributed by atoms with Crippen LogP contribution in [0.4, 0.5) is 0 Å². The van der Waals surface area contributed by atoms with E-state index in [1.807, 2.05) is 18.2 Å². The first kappa shape index (κ1) is 17.0. The number of halogens is 1. The van der Waals surface area contributed by atoms with Crippen LogP contribution in [0, 0.1) is 5.41 Å². The van der Waals surface area contributed by atoms with E-state index in [4.69, 9.17) is 19.7 Å². The van der Waals surface area contributed by atoms with Gasteiger partial charge in [0.25, 0.3) is 0 Å². The van der Waals surface area contributed by atoms with Gasteiger partial charge in [0.05, 0.1) is 6.54 Å². The Morgan fingerprint density at radius 3 is 2.92 bits per heavy atom. The Labute approximate surface area is 146 Å². The quantitative estimate of drug-likeness (QED) is 0.901. The Morgan fingerprint density at radius 1 is 1.29 bits per heavy atom. The van der Waals surface area contributed by atoms with Crippen LogP contribution in [0.2, 0.25) is 0 Å². The molecular formula is C16H21ClN4O3. The van der Waals surface area contributed by atoms with Crippen LogP contribution in [0.5, 0.6) is 11.5 Å². The molecule has 0 aliphatic carbocycles. The van der Waals surface area contributed by atoms with Crippen molar-refractivity contribution in [1.29, 1.82) is 0 Å². The fraction of sp³-hybridized carbons (Fsp3) is 0.500. The first-order valence-corrected chi connectivity index (χ1v) is 7.80. The first-order valence-electron chi connectivity index (χ1n) is 7.80. The minimum Gasteiger partial charge on any atom is -0.454 e. The molecule has 0 bridgehead atoms. The molecule has 1 aromatic carbocycles. The molecule has 2 N–H and O–H groups in total. The van der Waals surface area contributed by atoms with Gasteiger partial charge in [0, 0.05) is 12.1 Å². The van der Waals surface area contributed by atoms with Gasteiger partial charge in [-0.25, -0.2) is 0 Å². The lowest BCUT2D eigenvalue weighted by atomic mass is 9.90. The molecule has 7 nitrogen and oxygen atoms in total. The zero-order chi connectivity index (χ0) is 15.9. The Kier molecular flexibility index (Phi) is 4.67. The van der Waals surface area contributed by atoms with Crippen LogP contribution in [-0.2, 0) is 6.54 Å². The van der Waals surface area contributed by atoms with Crippen molar-refractivity contribution in [3.8, 4) is 22.9 Å². The molecule has 130 valence electrons. The fourth-order valence-electron chi connectivity index (χ4n) is 3.09. The third-order valence-corrected chi connectivity index (χ3v) is 4.59. The smallest absolute Gasteiger partial charge is 0.241 e. The molecule has 0 amide bonds. The van der Waals surface area contributed by atoms with Crippen LogP contribution in [0.3, 0.4) is 0 Å². The highest BCUT2D eigenvalue weighted by atomic mass is 35.5. The van der Waals surface area contributed by atoms with Crippen molar-refractivity contribution in [3.63, 3.8) is 0 Å². The molecule has 8 heteroatoms. The van der Waals surface area contributed by atoms with Crippen LogP contribution in [0.15, 0.2) is 22.7 Å². The van der Waals surface area contributed by atoms with E-state index in [0.717, 1.165) is 30.8 Å². The molecule has 0 radical (unpaired) electrons. The van der Waals surface area contributed by atoms with E-state index >= 15 is 0 Å². The number of fused-ring (bicyclic) bond motifs is 1. The maximum atomic E-state index is 5.85. The maximum Gasteiger partial charge on any atom is 0.241 e. The van der Waals surface area contributed by atoms with Gasteiger partial charge in [-0.05, 0) is 43.1 Å². The monoisotopic (exact) mass is 352 g/mol. The van der Waals surface area contributed by atoms with Gasteiger partial charge in [0.1, 0.15) is 0 Å². The standard InChI is InChI=1S/C16H20N4O3.ClH/c1-16(8-17)4-5-20(9-16)7-14-18-15(19-23-14)11-2-3-12-13(6-11)22-10-21-12;/h2-3,6H,4-5,7-10,17H2,1H3;1H. The van der Waals surface area contributed by atoms with E-state index in [0.29, 0.717) is 30.6 Å². The summed E-state index contributed by atoms with van der Waals surface area (Å²) in [6, 6.07) is 5.64. The zero-order valence-electron chi connectivity index (χ0n) is 13.5. The number of nitrogens with zero attached hydrogens (tertiary/aromatic N) is 3. The lowest BCUT2D eigenvalue weighted by Crippen LogP contribution is -2.31. The second-order valence-corrected chi connectivity index (χ2v) is 6.56. The summed E-state index contributed by atoms with van der Waals surface area (Å²) in [7, 11) is 0. The van der Waals surface area contributed by atoms with Gasteiger partial charge in [-0.15, -0.1) is 12.4 Å². The summed E-state index contributed by atoms with van der Waals surface area (Å²) in [5.74, 6) is 2.65. The summed E-state index contributed by atoms with van der Waals surface area (Å²) in [6.07, 6.45) is 1.10. The Morgan fingerprint density at radius 2 is 2.12 bits per heavy atom. The van der Waals surface area contributed by atoms with E-state index in [-0.39, 0.29) is 24.6 Å². The molecule has 3 heterocycles. The third-order valence-electron chi connectivity index (χ3n) is 4.59. The molecule has 1 unspecified atom stereocenters. The first-order chi connectivity index (χ1) is 11.1. The van der Waals surface area contributed by atoms with E-state index in [2.05, 4.69) is 22.0 Å². The Hall–Kier alpha value is -1.83. The second kappa shape index (κ2) is 6.58. The van der Waals surface area contributed by atoms with Crippen LogP contribution >= 0.6 is 12.4 Å². The van der Waals surface area contributed by atoms with Crippen LogP contribution < -0.4 is 15.2 Å². The zero-order valence-corrected chi connectivity index (χ0v) is 14.3. The molecule has 24 heavy (non-hydrogen) atoms. The summed E-state index contributed by atoms with van der Waals surface area (Å²) in [6.45, 7) is 5.81. The lowest BCUT2D eigenvalue weighted by Gasteiger charge is -2.21. The summed E-state index contributed by atoms with van der Waals surface area (Å²) in [4.78, 5) is 6.81. The normalized spacial score (nSPS) is 22.6. The molecule has 0 saturated carbocycles. The molecular weight excluding hydrogens is 332 g/mol. The molecule has 0 spiro atoms. The van der Waals surface area contributed by atoms with Crippen molar-refractivity contribution < 1.29 is 14.0 Å². The summed E-state index contributed by atoms with van der Waals surface area (Å²) < 4.78 is 16.1. The predicted octanol–water partition coefficient (Wildman–Crippen LogP) is 2.06. The van der Waals surface area contributed by atoms with Gasteiger partial charge in [0.15, 0.2) is 11.5 Å². The molecule has 1 fully saturated rings. The number of rotatable bonds is 4.